The highest BCUT2D eigenvalue weighted by atomic mass is 79.9. The smallest absolute Gasteiger partial charge is 0.243 e. The maximum atomic E-state index is 14.1. The number of carbonyl (C=O) groups excluding carboxylic acids is 1. The highest BCUT2D eigenvalue weighted by Crippen LogP contribution is 2.22. The maximum absolute atomic E-state index is 14.1. The lowest BCUT2D eigenvalue weighted by atomic mass is 10.1. The van der Waals surface area contributed by atoms with Gasteiger partial charge in [-0.25, -0.2) is 9.37 Å². The number of rotatable bonds is 4. The van der Waals surface area contributed by atoms with Gasteiger partial charge in [-0.2, -0.15) is 4.98 Å². The van der Waals surface area contributed by atoms with Gasteiger partial charge in [0.15, 0.2) is 17.4 Å². The van der Waals surface area contributed by atoms with Crippen LogP contribution < -0.4 is 15.8 Å². The first-order valence-corrected chi connectivity index (χ1v) is 9.39. The van der Waals surface area contributed by atoms with E-state index >= 15 is 0 Å². The fourth-order valence-corrected chi connectivity index (χ4v) is 3.60. The van der Waals surface area contributed by atoms with E-state index in [4.69, 9.17) is 0 Å². The molecule has 0 aromatic carbocycles. The van der Waals surface area contributed by atoms with Crippen LogP contribution in [0.2, 0.25) is 0 Å². The monoisotopic (exact) mass is 421 g/mol. The summed E-state index contributed by atoms with van der Waals surface area (Å²) in [4.78, 5) is 22.3. The minimum Gasteiger partial charge on any atom is -0.354 e. The Hall–Kier alpha value is -2.22. The number of hydrogen-bond donors (Lipinski definition) is 2. The molecule has 6 nitrogen and oxygen atoms in total. The average Bonchev–Trinajstić information content (AvgIpc) is 2.74. The summed E-state index contributed by atoms with van der Waals surface area (Å²) in [7, 11) is 0. The summed E-state index contributed by atoms with van der Waals surface area (Å²) in [6.45, 7) is 3.51. The van der Waals surface area contributed by atoms with E-state index in [1.54, 1.807) is 12.3 Å². The van der Waals surface area contributed by atoms with Crippen molar-refractivity contribution in [2.75, 3.05) is 23.4 Å². The van der Waals surface area contributed by atoms with Crippen LogP contribution in [0.25, 0.3) is 0 Å². The number of ketones is 1. The molecule has 0 radical (unpaired) electrons. The zero-order valence-corrected chi connectivity index (χ0v) is 16.1. The lowest BCUT2D eigenvalue weighted by Gasteiger charge is -2.27. The number of halogens is 2. The van der Waals surface area contributed by atoms with Crippen LogP contribution in [0, 0.1) is 5.82 Å². The minimum atomic E-state index is -0.428. The molecule has 138 valence electrons. The minimum absolute atomic E-state index is 0.0107. The fourth-order valence-electron chi connectivity index (χ4n) is 2.96. The van der Waals surface area contributed by atoms with Gasteiger partial charge in [0.1, 0.15) is 0 Å². The molecule has 1 fully saturated rings. The summed E-state index contributed by atoms with van der Waals surface area (Å²) in [6.07, 6.45) is 9.98. The van der Waals surface area contributed by atoms with Crippen molar-refractivity contribution in [2.24, 2.45) is 0 Å². The molecule has 0 atom stereocenters. The molecule has 3 rings (SSSR count). The Morgan fingerprint density at radius 2 is 2.04 bits per heavy atom. The summed E-state index contributed by atoms with van der Waals surface area (Å²) in [5.41, 5.74) is 7.15. The van der Waals surface area contributed by atoms with Gasteiger partial charge in [0.25, 0.3) is 0 Å². The zero-order chi connectivity index (χ0) is 18.5. The van der Waals surface area contributed by atoms with Gasteiger partial charge in [-0.3, -0.25) is 10.2 Å². The van der Waals surface area contributed by atoms with Gasteiger partial charge in [0.2, 0.25) is 5.95 Å². The predicted molar refractivity (Wildman–Crippen MR) is 103 cm³/mol. The second kappa shape index (κ2) is 8.44. The van der Waals surface area contributed by atoms with Crippen LogP contribution in [-0.2, 0) is 4.79 Å². The van der Waals surface area contributed by atoms with Crippen LogP contribution in [0.15, 0.2) is 40.2 Å². The van der Waals surface area contributed by atoms with Crippen LogP contribution in [-0.4, -0.2) is 28.8 Å². The lowest BCUT2D eigenvalue weighted by Crippen LogP contribution is -2.31. The summed E-state index contributed by atoms with van der Waals surface area (Å²) in [5.74, 6) is 0.145. The third-order valence-electron chi connectivity index (χ3n) is 4.23. The van der Waals surface area contributed by atoms with Crippen molar-refractivity contribution in [1.29, 1.82) is 0 Å². The van der Waals surface area contributed by atoms with Gasteiger partial charge in [-0.05, 0) is 38.3 Å². The van der Waals surface area contributed by atoms with Crippen molar-refractivity contribution in [1.82, 2.24) is 15.4 Å². The third kappa shape index (κ3) is 4.69. The number of carbonyl (C=O) groups is 1. The average molecular weight is 422 g/mol. The Labute approximate surface area is 160 Å². The number of Topliss-reactive ketones (excluding diaryl/α,β-unsaturated/α-hetero) is 1. The summed E-state index contributed by atoms with van der Waals surface area (Å²) >= 11 is 3.42. The Bertz CT molecular complexity index is 784. The molecule has 0 spiro atoms. The first-order chi connectivity index (χ1) is 12.5. The van der Waals surface area contributed by atoms with Crippen LogP contribution in [0.3, 0.4) is 0 Å². The first-order valence-electron chi connectivity index (χ1n) is 8.60. The number of anilines is 2. The standard InChI is InChI=1S/C18H21BrFN5O/c1-12-7-14(19)9-13(16(26)8-12)10-22-24-18-21-11-15(20)17(23-18)25-5-3-2-4-6-25/h7,9-11,22H,2-6,8H2,1H3,(H,21,23,24). The number of hydrazine groups is 1. The van der Waals surface area contributed by atoms with Gasteiger partial charge in [0.05, 0.1) is 6.20 Å². The van der Waals surface area contributed by atoms with Crippen molar-refractivity contribution < 1.29 is 9.18 Å². The lowest BCUT2D eigenvalue weighted by molar-refractivity contribution is -0.114. The van der Waals surface area contributed by atoms with Gasteiger partial charge >= 0.3 is 0 Å². The van der Waals surface area contributed by atoms with Crippen molar-refractivity contribution in [2.45, 2.75) is 32.6 Å². The van der Waals surface area contributed by atoms with Crippen molar-refractivity contribution >= 4 is 33.5 Å². The van der Waals surface area contributed by atoms with Crippen LogP contribution in [0.1, 0.15) is 32.6 Å². The molecule has 0 unspecified atom stereocenters. The molecule has 1 saturated heterocycles. The molecule has 26 heavy (non-hydrogen) atoms. The maximum Gasteiger partial charge on any atom is 0.243 e. The molecule has 1 aliphatic heterocycles. The van der Waals surface area contributed by atoms with E-state index in [0.29, 0.717) is 17.8 Å². The normalized spacial score (nSPS) is 19.7. The van der Waals surface area contributed by atoms with Gasteiger partial charge in [0, 0.05) is 35.8 Å². The quantitative estimate of drug-likeness (QED) is 0.571. The predicted octanol–water partition coefficient (Wildman–Crippen LogP) is 3.60. The van der Waals surface area contributed by atoms with Crippen molar-refractivity contribution in [3.05, 3.63) is 46.0 Å². The Morgan fingerprint density at radius 1 is 1.27 bits per heavy atom. The van der Waals surface area contributed by atoms with Crippen LogP contribution >= 0.6 is 15.9 Å². The molecule has 0 bridgehead atoms. The van der Waals surface area contributed by atoms with Crippen molar-refractivity contribution in [3.63, 3.8) is 0 Å². The first kappa shape index (κ1) is 18.6. The Kier molecular flexibility index (Phi) is 6.03. The molecular formula is C18H21BrFN5O. The number of nitrogens with zero attached hydrogens (tertiary/aromatic N) is 3. The summed E-state index contributed by atoms with van der Waals surface area (Å²) < 4.78 is 14.9. The van der Waals surface area contributed by atoms with E-state index in [-0.39, 0.29) is 11.7 Å². The SMILES string of the molecule is CC1=CC(Br)=CC(=CNNc2ncc(F)c(N3CCCCC3)n2)C(=O)C1. The van der Waals surface area contributed by atoms with E-state index in [1.807, 2.05) is 17.9 Å². The highest BCUT2D eigenvalue weighted by molar-refractivity contribution is 9.11. The zero-order valence-electron chi connectivity index (χ0n) is 14.6. The molecular weight excluding hydrogens is 401 g/mol. The topological polar surface area (TPSA) is 70.2 Å². The van der Waals surface area contributed by atoms with Gasteiger partial charge < -0.3 is 10.3 Å². The van der Waals surface area contributed by atoms with Crippen LogP contribution in [0.4, 0.5) is 16.2 Å². The summed E-state index contributed by atoms with van der Waals surface area (Å²) in [5, 5.41) is 0. The number of allylic oxidation sites excluding steroid dienone is 5. The highest BCUT2D eigenvalue weighted by Gasteiger charge is 2.17. The molecule has 8 heteroatoms. The number of hydrogen-bond acceptors (Lipinski definition) is 6. The fraction of sp³-hybridized carbons (Fsp3) is 0.389. The molecule has 2 N–H and O–H groups in total. The van der Waals surface area contributed by atoms with E-state index in [0.717, 1.165) is 48.6 Å². The molecule has 2 heterocycles. The largest absolute Gasteiger partial charge is 0.354 e. The molecule has 0 saturated carbocycles. The molecule has 1 aromatic heterocycles. The van der Waals surface area contributed by atoms with Crippen LogP contribution in [0.5, 0.6) is 0 Å². The van der Waals surface area contributed by atoms with E-state index in [2.05, 4.69) is 36.7 Å². The molecule has 1 aliphatic carbocycles. The number of nitrogens with one attached hydrogen (secondary N) is 2. The molecule has 1 aromatic rings. The van der Waals surface area contributed by atoms with E-state index in [9.17, 15) is 9.18 Å². The van der Waals surface area contributed by atoms with Gasteiger partial charge in [-0.1, -0.05) is 21.5 Å². The van der Waals surface area contributed by atoms with E-state index in [1.165, 1.54) is 0 Å². The Balaban J connectivity index is 1.68. The second-order valence-electron chi connectivity index (χ2n) is 6.40. The third-order valence-corrected chi connectivity index (χ3v) is 4.69. The number of aromatic nitrogens is 2. The summed E-state index contributed by atoms with van der Waals surface area (Å²) in [6, 6.07) is 0. The van der Waals surface area contributed by atoms with Gasteiger partial charge in [-0.15, -0.1) is 0 Å². The Morgan fingerprint density at radius 3 is 2.81 bits per heavy atom. The van der Waals surface area contributed by atoms with E-state index < -0.39 is 5.82 Å². The van der Waals surface area contributed by atoms with Crippen molar-refractivity contribution in [3.8, 4) is 0 Å². The number of piperidine rings is 1. The second-order valence-corrected chi connectivity index (χ2v) is 7.32. The molecule has 0 amide bonds. The molecule has 2 aliphatic rings.